The van der Waals surface area contributed by atoms with E-state index < -0.39 is 0 Å². The zero-order valence-electron chi connectivity index (χ0n) is 20.0. The highest BCUT2D eigenvalue weighted by molar-refractivity contribution is 7.15. The van der Waals surface area contributed by atoms with Gasteiger partial charge in [0.05, 0.1) is 14.2 Å². The monoisotopic (exact) mass is 496 g/mol. The van der Waals surface area contributed by atoms with E-state index in [0.29, 0.717) is 0 Å². The van der Waals surface area contributed by atoms with Crippen LogP contribution in [0.15, 0.2) is 72.8 Å². The fourth-order valence-electron chi connectivity index (χ4n) is 4.50. The lowest BCUT2D eigenvalue weighted by atomic mass is 9.99. The van der Waals surface area contributed by atoms with Crippen molar-refractivity contribution in [1.29, 1.82) is 0 Å². The fourth-order valence-corrected chi connectivity index (χ4v) is 6.30. The lowest BCUT2D eigenvalue weighted by Crippen LogP contribution is -1.89. The van der Waals surface area contributed by atoms with E-state index in [9.17, 15) is 0 Å². The van der Waals surface area contributed by atoms with Crippen molar-refractivity contribution < 1.29 is 9.47 Å². The van der Waals surface area contributed by atoms with Crippen LogP contribution in [0.25, 0.3) is 35.5 Å². The molecule has 2 aromatic carbocycles. The van der Waals surface area contributed by atoms with Crippen molar-refractivity contribution in [2.45, 2.75) is 19.3 Å². The minimum atomic E-state index is 0.977. The molecule has 0 atom stereocenters. The number of thiophene rings is 2. The molecule has 1 aliphatic carbocycles. The first-order valence-electron chi connectivity index (χ1n) is 11.8. The Morgan fingerprint density at radius 1 is 0.600 bits per heavy atom. The van der Waals surface area contributed by atoms with Gasteiger partial charge in [-0.3, -0.25) is 0 Å². The topological polar surface area (TPSA) is 18.5 Å². The Bertz CT molecular complexity index is 1270. The molecule has 0 bridgehead atoms. The molecule has 0 saturated carbocycles. The van der Waals surface area contributed by atoms with Gasteiger partial charge in [-0.05, 0) is 65.8 Å². The Kier molecular flexibility index (Phi) is 7.31. The van der Waals surface area contributed by atoms with Gasteiger partial charge in [-0.1, -0.05) is 95.5 Å². The van der Waals surface area contributed by atoms with Gasteiger partial charge in [-0.25, -0.2) is 0 Å². The summed E-state index contributed by atoms with van der Waals surface area (Å²) in [5.41, 5.74) is 7.58. The van der Waals surface area contributed by atoms with Gasteiger partial charge >= 0.3 is 0 Å². The van der Waals surface area contributed by atoms with Gasteiger partial charge in [-0.2, -0.15) is 0 Å². The molecule has 0 spiro atoms. The third kappa shape index (κ3) is 5.34. The highest BCUT2D eigenvalue weighted by Crippen LogP contribution is 2.49. The first kappa shape index (κ1) is 23.4. The maximum Gasteiger partial charge on any atom is 0.181 e. The van der Waals surface area contributed by atoms with E-state index in [2.05, 4.69) is 85.0 Å². The summed E-state index contributed by atoms with van der Waals surface area (Å²) in [6.45, 7) is 0. The van der Waals surface area contributed by atoms with Crippen molar-refractivity contribution in [2.24, 2.45) is 0 Å². The number of ether oxygens (including phenoxy) is 2. The third-order valence-electron chi connectivity index (χ3n) is 6.15. The van der Waals surface area contributed by atoms with Crippen LogP contribution in [0.3, 0.4) is 0 Å². The highest BCUT2D eigenvalue weighted by atomic mass is 32.1. The normalized spacial score (nSPS) is 13.9. The average Bonchev–Trinajstić information content (AvgIpc) is 3.64. The second-order valence-electron chi connectivity index (χ2n) is 8.41. The molecule has 0 N–H and O–H groups in total. The summed E-state index contributed by atoms with van der Waals surface area (Å²) in [7, 11) is 3.54. The zero-order chi connectivity index (χ0) is 24.0. The Morgan fingerprint density at radius 3 is 1.43 bits per heavy atom. The van der Waals surface area contributed by atoms with Crippen LogP contribution in [0, 0.1) is 0 Å². The summed E-state index contributed by atoms with van der Waals surface area (Å²) < 4.78 is 11.7. The van der Waals surface area contributed by atoms with Crippen molar-refractivity contribution in [1.82, 2.24) is 0 Å². The van der Waals surface area contributed by atoms with Crippen LogP contribution < -0.4 is 9.47 Å². The molecule has 4 aromatic rings. The molecule has 0 radical (unpaired) electrons. The minimum absolute atomic E-state index is 0.977. The van der Waals surface area contributed by atoms with Crippen molar-refractivity contribution in [3.63, 3.8) is 0 Å². The van der Waals surface area contributed by atoms with Crippen molar-refractivity contribution in [3.8, 4) is 10.1 Å². The largest absolute Gasteiger partial charge is 0.487 e. The molecule has 2 aromatic heterocycles. The lowest BCUT2D eigenvalue weighted by molar-refractivity contribution is 0.425. The van der Waals surface area contributed by atoms with Crippen molar-refractivity contribution in [2.75, 3.05) is 14.2 Å². The van der Waals surface area contributed by atoms with Gasteiger partial charge in [0.25, 0.3) is 0 Å². The van der Waals surface area contributed by atoms with Crippen LogP contribution in [0.5, 0.6) is 10.1 Å². The smallest absolute Gasteiger partial charge is 0.181 e. The van der Waals surface area contributed by atoms with Crippen molar-refractivity contribution >= 4 is 58.1 Å². The SMILES string of the molecule is COc1sc(C=Cc2ccccc2)cc1C1=C(c2cc(C=Cc3ccccc3)sc2OC)CCC1. The first-order chi connectivity index (χ1) is 17.2. The van der Waals surface area contributed by atoms with E-state index in [1.807, 2.05) is 12.1 Å². The zero-order valence-corrected chi connectivity index (χ0v) is 21.6. The number of methoxy groups -OCH3 is 2. The van der Waals surface area contributed by atoms with Crippen LogP contribution in [0.2, 0.25) is 0 Å². The quantitative estimate of drug-likeness (QED) is 0.242. The Morgan fingerprint density at radius 2 is 1.03 bits per heavy atom. The maximum absolute atomic E-state index is 5.83. The average molecular weight is 497 g/mol. The van der Waals surface area contributed by atoms with E-state index in [4.69, 9.17) is 9.47 Å². The summed E-state index contributed by atoms with van der Waals surface area (Å²) in [6.07, 6.45) is 11.9. The van der Waals surface area contributed by atoms with Gasteiger partial charge in [0.1, 0.15) is 0 Å². The predicted octanol–water partition coefficient (Wildman–Crippen LogP) is 9.26. The summed E-state index contributed by atoms with van der Waals surface area (Å²) in [6, 6.07) is 25.4. The number of hydrogen-bond acceptors (Lipinski definition) is 4. The molecule has 0 fully saturated rings. The number of rotatable bonds is 8. The van der Waals surface area contributed by atoms with Gasteiger partial charge in [0.2, 0.25) is 0 Å². The van der Waals surface area contributed by atoms with E-state index in [0.717, 1.165) is 29.4 Å². The minimum Gasteiger partial charge on any atom is -0.487 e. The molecular weight excluding hydrogens is 468 g/mol. The maximum atomic E-state index is 5.83. The van der Waals surface area contributed by atoms with Crippen LogP contribution in [-0.2, 0) is 0 Å². The van der Waals surface area contributed by atoms with Crippen LogP contribution in [-0.4, -0.2) is 14.2 Å². The van der Waals surface area contributed by atoms with E-state index in [1.54, 1.807) is 36.9 Å². The molecule has 1 aliphatic rings. The summed E-state index contributed by atoms with van der Waals surface area (Å²) in [5.74, 6) is 0. The van der Waals surface area contributed by atoms with Crippen molar-refractivity contribution in [3.05, 3.63) is 105 Å². The van der Waals surface area contributed by atoms with Gasteiger partial charge in [0, 0.05) is 20.9 Å². The van der Waals surface area contributed by atoms with Crippen LogP contribution in [0.1, 0.15) is 51.3 Å². The second-order valence-corrected chi connectivity index (χ2v) is 10.5. The van der Waals surface area contributed by atoms with Crippen LogP contribution >= 0.6 is 22.7 Å². The molecule has 0 amide bonds. The Hall–Kier alpha value is -3.34. The standard InChI is InChI=1S/C31H28O2S2/c1-32-30-28(20-24(34-30)18-16-22-10-5-3-6-11-22)26-14-9-15-27(26)29-21-25(35-31(29)33-2)19-17-23-12-7-4-8-13-23/h3-8,10-13,16-21H,9,14-15H2,1-2H3. The molecule has 2 heterocycles. The summed E-state index contributed by atoms with van der Waals surface area (Å²) in [5, 5.41) is 1.95. The van der Waals surface area contributed by atoms with Crippen LogP contribution in [0.4, 0.5) is 0 Å². The van der Waals surface area contributed by atoms with E-state index in [-0.39, 0.29) is 0 Å². The van der Waals surface area contributed by atoms with E-state index in [1.165, 1.54) is 43.2 Å². The number of allylic oxidation sites excluding steroid dienone is 2. The number of benzene rings is 2. The Balaban J connectivity index is 1.48. The van der Waals surface area contributed by atoms with Gasteiger partial charge < -0.3 is 9.47 Å². The highest BCUT2D eigenvalue weighted by Gasteiger charge is 2.25. The summed E-state index contributed by atoms with van der Waals surface area (Å²) >= 11 is 3.40. The lowest BCUT2D eigenvalue weighted by Gasteiger charge is -2.09. The number of hydrogen-bond donors (Lipinski definition) is 0. The molecular formula is C31H28O2S2. The van der Waals surface area contributed by atoms with E-state index >= 15 is 0 Å². The molecule has 4 heteroatoms. The van der Waals surface area contributed by atoms with Gasteiger partial charge in [0.15, 0.2) is 10.1 Å². The fraction of sp³-hybridized carbons (Fsp3) is 0.161. The first-order valence-corrected chi connectivity index (χ1v) is 13.4. The molecule has 0 unspecified atom stereocenters. The second kappa shape index (κ2) is 10.9. The third-order valence-corrected chi connectivity index (χ3v) is 8.28. The predicted molar refractivity (Wildman–Crippen MR) is 153 cm³/mol. The molecule has 5 rings (SSSR count). The molecule has 176 valence electrons. The molecule has 35 heavy (non-hydrogen) atoms. The Labute approximate surface area is 215 Å². The molecule has 2 nitrogen and oxygen atoms in total. The molecule has 0 saturated heterocycles. The molecule has 0 aliphatic heterocycles. The summed E-state index contributed by atoms with van der Waals surface area (Å²) in [4.78, 5) is 2.39. The van der Waals surface area contributed by atoms with Gasteiger partial charge in [-0.15, -0.1) is 0 Å².